The zero-order valence-corrected chi connectivity index (χ0v) is 14.0. The smallest absolute Gasteiger partial charge is 0.135 e. The number of nitrogens with one attached hydrogen (secondary N) is 1. The Balaban J connectivity index is 2.33. The van der Waals surface area contributed by atoms with Crippen LogP contribution in [0.1, 0.15) is 18.1 Å². The molecule has 0 saturated carbocycles. The molecule has 0 saturated heterocycles. The third kappa shape index (κ3) is 2.63. The summed E-state index contributed by atoms with van der Waals surface area (Å²) in [4.78, 5) is 4.48. The van der Waals surface area contributed by atoms with Gasteiger partial charge in [0.05, 0.1) is 22.3 Å². The van der Waals surface area contributed by atoms with E-state index in [0.717, 1.165) is 0 Å². The van der Waals surface area contributed by atoms with Crippen molar-refractivity contribution in [1.82, 2.24) is 0 Å². The van der Waals surface area contributed by atoms with Gasteiger partial charge in [-0.05, 0) is 47.1 Å². The van der Waals surface area contributed by atoms with Gasteiger partial charge in [0.1, 0.15) is 11.6 Å². The van der Waals surface area contributed by atoms with Crippen molar-refractivity contribution in [3.8, 4) is 0 Å². The number of rotatable bonds is 1. The molecule has 1 N–H and O–H groups in total. The first-order valence-corrected chi connectivity index (χ1v) is 7.90. The molecule has 0 fully saturated rings. The van der Waals surface area contributed by atoms with Crippen LogP contribution in [0.3, 0.4) is 0 Å². The number of nitrogens with zero attached hydrogens (tertiary/aromatic N) is 1. The summed E-state index contributed by atoms with van der Waals surface area (Å²) in [5, 5.41) is 3.59. The first-order chi connectivity index (χ1) is 10.5. The number of hydrogen-bond acceptors (Lipinski definition) is 2. The maximum atomic E-state index is 14.2. The second kappa shape index (κ2) is 5.97. The maximum Gasteiger partial charge on any atom is 0.135 e. The van der Waals surface area contributed by atoms with E-state index in [0.29, 0.717) is 27.3 Å². The first kappa shape index (κ1) is 15.4. The summed E-state index contributed by atoms with van der Waals surface area (Å²) in [6, 6.07) is 7.23. The summed E-state index contributed by atoms with van der Waals surface area (Å²) in [6.07, 6.45) is 0. The lowest BCUT2D eigenvalue weighted by Gasteiger charge is -2.14. The molecule has 0 bridgehead atoms. The van der Waals surface area contributed by atoms with Crippen molar-refractivity contribution >= 4 is 38.9 Å². The molecule has 6 heteroatoms. The summed E-state index contributed by atoms with van der Waals surface area (Å²) < 4.78 is 29.1. The summed E-state index contributed by atoms with van der Waals surface area (Å²) in [5.41, 5.74) is 1.29. The van der Waals surface area contributed by atoms with Crippen molar-refractivity contribution in [2.24, 2.45) is 4.99 Å². The van der Waals surface area contributed by atoms with E-state index in [1.807, 2.05) is 13.0 Å². The summed E-state index contributed by atoms with van der Waals surface area (Å²) in [7, 11) is 0. The highest BCUT2D eigenvalue weighted by Crippen LogP contribution is 2.36. The minimum Gasteiger partial charge on any atom is -0.382 e. The molecule has 22 heavy (non-hydrogen) atoms. The average molecular weight is 386 g/mol. The van der Waals surface area contributed by atoms with Crippen LogP contribution >= 0.6 is 27.5 Å². The largest absolute Gasteiger partial charge is 0.382 e. The average Bonchev–Trinajstić information content (AvgIpc) is 2.63. The number of hydrogen-bond donors (Lipinski definition) is 1. The van der Waals surface area contributed by atoms with E-state index < -0.39 is 11.6 Å². The van der Waals surface area contributed by atoms with Gasteiger partial charge < -0.3 is 5.32 Å². The van der Waals surface area contributed by atoms with E-state index in [1.165, 1.54) is 18.2 Å². The monoisotopic (exact) mass is 384 g/mol. The number of fused-ring (bicyclic) bond motifs is 1. The van der Waals surface area contributed by atoms with Crippen LogP contribution in [0.5, 0.6) is 0 Å². The van der Waals surface area contributed by atoms with E-state index in [-0.39, 0.29) is 17.3 Å². The molecule has 114 valence electrons. The number of benzene rings is 2. The highest BCUT2D eigenvalue weighted by atomic mass is 79.9. The molecule has 0 aromatic heterocycles. The molecule has 0 amide bonds. The van der Waals surface area contributed by atoms with E-state index in [9.17, 15) is 8.78 Å². The number of aliphatic imine (C=N–C) groups is 1. The fourth-order valence-corrected chi connectivity index (χ4v) is 3.02. The number of benzodiazepines with no additional fused rings is 1. The minimum atomic E-state index is -0.658. The fourth-order valence-electron chi connectivity index (χ4n) is 2.43. The van der Waals surface area contributed by atoms with Gasteiger partial charge in [0.15, 0.2) is 0 Å². The van der Waals surface area contributed by atoms with Crippen LogP contribution in [-0.2, 0) is 0 Å². The van der Waals surface area contributed by atoms with Crippen LogP contribution in [0.4, 0.5) is 14.5 Å². The quantitative estimate of drug-likeness (QED) is 0.731. The first-order valence-electron chi connectivity index (χ1n) is 6.73. The molecule has 1 atom stereocenters. The van der Waals surface area contributed by atoms with Crippen LogP contribution in [0, 0.1) is 11.6 Å². The van der Waals surface area contributed by atoms with Crippen LogP contribution < -0.4 is 5.32 Å². The lowest BCUT2D eigenvalue weighted by Crippen LogP contribution is -2.13. The lowest BCUT2D eigenvalue weighted by molar-refractivity contribution is 0.578. The Morgan fingerprint density at radius 2 is 1.86 bits per heavy atom. The Morgan fingerprint density at radius 1 is 1.18 bits per heavy atom. The van der Waals surface area contributed by atoms with Crippen molar-refractivity contribution < 1.29 is 8.78 Å². The van der Waals surface area contributed by atoms with Crippen molar-refractivity contribution in [2.75, 3.05) is 11.9 Å². The van der Waals surface area contributed by atoms with Crippen molar-refractivity contribution in [2.45, 2.75) is 13.0 Å². The standard InChI is InChI=1S/C16H12BrClF2N2/c1-8-7-21-12-6-5-9(17)15(18)14(12)16(22-8)13-10(19)3-2-4-11(13)20/h2-6,8,21H,7H2,1H3/t8-/m0/s1. The van der Waals surface area contributed by atoms with Gasteiger partial charge in [-0.3, -0.25) is 4.99 Å². The van der Waals surface area contributed by atoms with E-state index in [4.69, 9.17) is 11.6 Å². The van der Waals surface area contributed by atoms with E-state index in [1.54, 1.807) is 6.07 Å². The molecular formula is C16H12BrClF2N2. The molecule has 3 rings (SSSR count). The molecule has 2 nitrogen and oxygen atoms in total. The zero-order chi connectivity index (χ0) is 15.9. The van der Waals surface area contributed by atoms with Crippen molar-refractivity contribution in [1.29, 1.82) is 0 Å². The Morgan fingerprint density at radius 3 is 2.55 bits per heavy atom. The van der Waals surface area contributed by atoms with E-state index >= 15 is 0 Å². The Bertz CT molecular complexity index is 757. The molecule has 0 radical (unpaired) electrons. The van der Waals surface area contributed by atoms with Gasteiger partial charge in [0.25, 0.3) is 0 Å². The second-order valence-electron chi connectivity index (χ2n) is 5.09. The predicted molar refractivity (Wildman–Crippen MR) is 89.1 cm³/mol. The van der Waals surface area contributed by atoms with Gasteiger partial charge in [-0.15, -0.1) is 0 Å². The van der Waals surface area contributed by atoms with Crippen molar-refractivity contribution in [3.63, 3.8) is 0 Å². The van der Waals surface area contributed by atoms with Crippen LogP contribution in [0.15, 0.2) is 39.8 Å². The van der Waals surface area contributed by atoms with Gasteiger partial charge in [-0.1, -0.05) is 17.7 Å². The Hall–Kier alpha value is -1.46. The highest BCUT2D eigenvalue weighted by Gasteiger charge is 2.25. The fraction of sp³-hybridized carbons (Fsp3) is 0.188. The summed E-state index contributed by atoms with van der Waals surface area (Å²) in [5.74, 6) is -1.32. The third-order valence-corrected chi connectivity index (χ3v) is 4.75. The Labute approximate surface area is 140 Å². The normalized spacial score (nSPS) is 17.3. The van der Waals surface area contributed by atoms with Gasteiger partial charge in [-0.25, -0.2) is 8.78 Å². The van der Waals surface area contributed by atoms with Gasteiger partial charge >= 0.3 is 0 Å². The predicted octanol–water partition coefficient (Wildman–Crippen LogP) is 5.03. The molecule has 0 unspecified atom stereocenters. The topological polar surface area (TPSA) is 24.4 Å². The van der Waals surface area contributed by atoms with Gasteiger partial charge in [0, 0.05) is 22.3 Å². The Kier molecular flexibility index (Phi) is 4.19. The van der Waals surface area contributed by atoms with Gasteiger partial charge in [-0.2, -0.15) is 0 Å². The SMILES string of the molecule is C[C@H]1CNc2ccc(Br)c(Cl)c2C(c2c(F)cccc2F)=N1. The molecule has 0 spiro atoms. The summed E-state index contributed by atoms with van der Waals surface area (Å²) in [6.45, 7) is 2.44. The lowest BCUT2D eigenvalue weighted by atomic mass is 9.99. The molecule has 1 aliphatic heterocycles. The molecule has 2 aromatic rings. The molecule has 0 aliphatic carbocycles. The molecule has 1 heterocycles. The second-order valence-corrected chi connectivity index (χ2v) is 6.32. The molecule has 1 aliphatic rings. The van der Waals surface area contributed by atoms with Crippen LogP contribution in [0.2, 0.25) is 5.02 Å². The van der Waals surface area contributed by atoms with Crippen LogP contribution in [-0.4, -0.2) is 18.3 Å². The molecular weight excluding hydrogens is 374 g/mol. The number of halogens is 4. The number of anilines is 1. The van der Waals surface area contributed by atoms with Gasteiger partial charge in [0.2, 0.25) is 0 Å². The third-order valence-electron chi connectivity index (χ3n) is 3.47. The summed E-state index contributed by atoms with van der Waals surface area (Å²) >= 11 is 9.72. The zero-order valence-electron chi connectivity index (χ0n) is 11.6. The van der Waals surface area contributed by atoms with Crippen LogP contribution in [0.25, 0.3) is 0 Å². The maximum absolute atomic E-state index is 14.2. The van der Waals surface area contributed by atoms with E-state index in [2.05, 4.69) is 26.2 Å². The highest BCUT2D eigenvalue weighted by molar-refractivity contribution is 9.10. The molecule has 2 aromatic carbocycles. The minimum absolute atomic E-state index is 0.142. The van der Waals surface area contributed by atoms with Crippen molar-refractivity contribution in [3.05, 3.63) is 62.6 Å².